The van der Waals surface area contributed by atoms with Crippen LogP contribution in [0.3, 0.4) is 0 Å². The van der Waals surface area contributed by atoms with Crippen molar-refractivity contribution in [2.75, 3.05) is 5.32 Å². The van der Waals surface area contributed by atoms with Crippen LogP contribution in [0.2, 0.25) is 0 Å². The largest absolute Gasteiger partial charge is 0.329 e. The number of carbonyl (C=O) groups is 1. The van der Waals surface area contributed by atoms with Crippen LogP contribution < -0.4 is 5.32 Å². The standard InChI is InChI=1S/C7H5BrINO/c8-6-2-1-5(10-4-11)3-7(6)9/h1-4H,(H,10,11). The van der Waals surface area contributed by atoms with Gasteiger partial charge in [-0.25, -0.2) is 0 Å². The molecule has 0 unspecified atom stereocenters. The zero-order chi connectivity index (χ0) is 8.27. The summed E-state index contributed by atoms with van der Waals surface area (Å²) in [6.07, 6.45) is 0.666. The molecule has 0 spiro atoms. The molecule has 58 valence electrons. The average molecular weight is 326 g/mol. The van der Waals surface area contributed by atoms with Gasteiger partial charge in [-0.3, -0.25) is 4.79 Å². The van der Waals surface area contributed by atoms with Gasteiger partial charge in [0, 0.05) is 13.7 Å². The second-order valence-corrected chi connectivity index (χ2v) is 3.91. The van der Waals surface area contributed by atoms with Gasteiger partial charge in [0.1, 0.15) is 0 Å². The number of carbonyl (C=O) groups excluding carboxylic acids is 1. The molecule has 0 atom stereocenters. The highest BCUT2D eigenvalue weighted by Crippen LogP contribution is 2.21. The van der Waals surface area contributed by atoms with Gasteiger partial charge in [-0.05, 0) is 56.7 Å². The van der Waals surface area contributed by atoms with Crippen molar-refractivity contribution in [1.29, 1.82) is 0 Å². The summed E-state index contributed by atoms with van der Waals surface area (Å²) in [5, 5.41) is 2.57. The zero-order valence-electron chi connectivity index (χ0n) is 5.47. The summed E-state index contributed by atoms with van der Waals surface area (Å²) in [6.45, 7) is 0. The van der Waals surface area contributed by atoms with Crippen LogP contribution in [0.15, 0.2) is 22.7 Å². The normalized spacial score (nSPS) is 9.27. The van der Waals surface area contributed by atoms with Crippen molar-refractivity contribution in [3.8, 4) is 0 Å². The van der Waals surface area contributed by atoms with Crippen molar-refractivity contribution in [2.24, 2.45) is 0 Å². The first-order valence-electron chi connectivity index (χ1n) is 2.89. The lowest BCUT2D eigenvalue weighted by atomic mass is 10.3. The first-order valence-corrected chi connectivity index (χ1v) is 4.76. The lowest BCUT2D eigenvalue weighted by Crippen LogP contribution is -1.93. The molecular formula is C7H5BrINO. The van der Waals surface area contributed by atoms with E-state index in [1.165, 1.54) is 0 Å². The van der Waals surface area contributed by atoms with E-state index in [1.807, 2.05) is 18.2 Å². The average Bonchev–Trinajstić information content (AvgIpc) is 1.98. The molecule has 0 aliphatic rings. The van der Waals surface area contributed by atoms with Gasteiger partial charge in [-0.1, -0.05) is 0 Å². The molecule has 0 aliphatic carbocycles. The van der Waals surface area contributed by atoms with Crippen LogP contribution in [0.4, 0.5) is 5.69 Å². The monoisotopic (exact) mass is 325 g/mol. The van der Waals surface area contributed by atoms with E-state index in [0.717, 1.165) is 13.7 Å². The van der Waals surface area contributed by atoms with E-state index in [9.17, 15) is 4.79 Å². The molecule has 0 bridgehead atoms. The molecular weight excluding hydrogens is 321 g/mol. The van der Waals surface area contributed by atoms with E-state index in [0.29, 0.717) is 6.41 Å². The number of anilines is 1. The van der Waals surface area contributed by atoms with E-state index in [2.05, 4.69) is 43.8 Å². The Morgan fingerprint density at radius 2 is 2.27 bits per heavy atom. The summed E-state index contributed by atoms with van der Waals surface area (Å²) >= 11 is 5.54. The quantitative estimate of drug-likeness (QED) is 0.657. The van der Waals surface area contributed by atoms with Gasteiger partial charge < -0.3 is 5.32 Å². The molecule has 0 radical (unpaired) electrons. The van der Waals surface area contributed by atoms with Gasteiger partial charge in [-0.2, -0.15) is 0 Å². The van der Waals surface area contributed by atoms with Crippen LogP contribution in [-0.2, 0) is 4.79 Å². The molecule has 1 aromatic carbocycles. The van der Waals surface area contributed by atoms with Crippen LogP contribution >= 0.6 is 38.5 Å². The van der Waals surface area contributed by atoms with E-state index < -0.39 is 0 Å². The Balaban J connectivity index is 2.95. The third-order valence-corrected chi connectivity index (χ3v) is 3.47. The Bertz CT molecular complexity index is 277. The molecule has 0 fully saturated rings. The maximum Gasteiger partial charge on any atom is 0.211 e. The van der Waals surface area contributed by atoms with Crippen LogP contribution in [0.5, 0.6) is 0 Å². The number of benzene rings is 1. The summed E-state index contributed by atoms with van der Waals surface area (Å²) < 4.78 is 2.11. The number of rotatable bonds is 2. The first kappa shape index (κ1) is 8.99. The van der Waals surface area contributed by atoms with E-state index in [1.54, 1.807) is 0 Å². The molecule has 2 nitrogen and oxygen atoms in total. The Labute approximate surface area is 86.6 Å². The van der Waals surface area contributed by atoms with Gasteiger partial charge >= 0.3 is 0 Å². The Morgan fingerprint density at radius 1 is 1.55 bits per heavy atom. The molecule has 4 heteroatoms. The minimum atomic E-state index is 0.666. The summed E-state index contributed by atoms with van der Waals surface area (Å²) in [5.41, 5.74) is 0.813. The van der Waals surface area contributed by atoms with Gasteiger partial charge in [-0.15, -0.1) is 0 Å². The summed E-state index contributed by atoms with van der Waals surface area (Å²) in [6, 6.07) is 5.62. The molecule has 0 heterocycles. The molecule has 11 heavy (non-hydrogen) atoms. The molecule has 1 N–H and O–H groups in total. The van der Waals surface area contributed by atoms with Crippen LogP contribution in [0.1, 0.15) is 0 Å². The van der Waals surface area contributed by atoms with E-state index >= 15 is 0 Å². The van der Waals surface area contributed by atoms with Gasteiger partial charge in [0.2, 0.25) is 6.41 Å². The maximum atomic E-state index is 10.0. The SMILES string of the molecule is O=CNc1ccc(Br)c(I)c1. The lowest BCUT2D eigenvalue weighted by Gasteiger charge is -1.99. The highest BCUT2D eigenvalue weighted by molar-refractivity contribution is 14.1. The number of hydrogen-bond acceptors (Lipinski definition) is 1. The molecule has 1 rings (SSSR count). The Hall–Kier alpha value is -0.100. The fraction of sp³-hybridized carbons (Fsp3) is 0. The second-order valence-electron chi connectivity index (χ2n) is 1.89. The minimum Gasteiger partial charge on any atom is -0.329 e. The van der Waals surface area contributed by atoms with Crippen molar-refractivity contribution in [1.82, 2.24) is 0 Å². The summed E-state index contributed by atoms with van der Waals surface area (Å²) in [7, 11) is 0. The van der Waals surface area contributed by atoms with Gasteiger partial charge in [0.15, 0.2) is 0 Å². The number of nitrogens with one attached hydrogen (secondary N) is 1. The molecule has 1 amide bonds. The van der Waals surface area contributed by atoms with Crippen LogP contribution in [-0.4, -0.2) is 6.41 Å². The molecule has 0 saturated carbocycles. The smallest absolute Gasteiger partial charge is 0.211 e. The zero-order valence-corrected chi connectivity index (χ0v) is 9.22. The molecule has 0 aliphatic heterocycles. The Kier molecular flexibility index (Phi) is 3.32. The van der Waals surface area contributed by atoms with E-state index in [4.69, 9.17) is 0 Å². The number of halogens is 2. The van der Waals surface area contributed by atoms with Crippen molar-refractivity contribution in [3.05, 3.63) is 26.2 Å². The van der Waals surface area contributed by atoms with Gasteiger partial charge in [0.25, 0.3) is 0 Å². The third kappa shape index (κ3) is 2.44. The van der Waals surface area contributed by atoms with Crippen LogP contribution in [0, 0.1) is 3.57 Å². The lowest BCUT2D eigenvalue weighted by molar-refractivity contribution is -0.105. The topological polar surface area (TPSA) is 29.1 Å². The molecule has 0 saturated heterocycles. The highest BCUT2D eigenvalue weighted by atomic mass is 127. The fourth-order valence-electron chi connectivity index (χ4n) is 0.654. The molecule has 1 aromatic rings. The van der Waals surface area contributed by atoms with Crippen molar-refractivity contribution < 1.29 is 4.79 Å². The predicted molar refractivity (Wildman–Crippen MR) is 56.5 cm³/mol. The summed E-state index contributed by atoms with van der Waals surface area (Å²) in [5.74, 6) is 0. The van der Waals surface area contributed by atoms with Gasteiger partial charge in [0.05, 0.1) is 0 Å². The maximum absolute atomic E-state index is 10.0. The second kappa shape index (κ2) is 4.06. The Morgan fingerprint density at radius 3 is 2.82 bits per heavy atom. The number of amides is 1. The summed E-state index contributed by atoms with van der Waals surface area (Å²) in [4.78, 5) is 10.0. The van der Waals surface area contributed by atoms with E-state index in [-0.39, 0.29) is 0 Å². The number of hydrogen-bond donors (Lipinski definition) is 1. The highest BCUT2D eigenvalue weighted by Gasteiger charge is 1.96. The van der Waals surface area contributed by atoms with Crippen molar-refractivity contribution in [2.45, 2.75) is 0 Å². The fourth-order valence-corrected chi connectivity index (χ4v) is 1.42. The minimum absolute atomic E-state index is 0.666. The van der Waals surface area contributed by atoms with Crippen LogP contribution in [0.25, 0.3) is 0 Å². The van der Waals surface area contributed by atoms with Crippen molar-refractivity contribution in [3.63, 3.8) is 0 Å². The third-order valence-electron chi connectivity index (χ3n) is 1.15. The first-order chi connectivity index (χ1) is 5.24. The molecule has 0 aromatic heterocycles. The van der Waals surface area contributed by atoms with Crippen molar-refractivity contribution >= 4 is 50.6 Å². The predicted octanol–water partition coefficient (Wildman–Crippen LogP) is 2.62.